The van der Waals surface area contributed by atoms with E-state index < -0.39 is 0 Å². The highest BCUT2D eigenvalue weighted by molar-refractivity contribution is 5.68. The summed E-state index contributed by atoms with van der Waals surface area (Å²) in [5.41, 5.74) is 0. The lowest BCUT2D eigenvalue weighted by atomic mass is 10.1. The van der Waals surface area contributed by atoms with E-state index >= 15 is 0 Å². The number of unbranched alkanes of at least 4 members (excludes halogenated alkanes) is 6. The minimum atomic E-state index is -0.0907. The van der Waals surface area contributed by atoms with Gasteiger partial charge in [0.15, 0.2) is 6.29 Å². The van der Waals surface area contributed by atoms with Crippen LogP contribution in [0.3, 0.4) is 0 Å². The first-order valence-corrected chi connectivity index (χ1v) is 8.13. The van der Waals surface area contributed by atoms with Crippen LogP contribution in [-0.2, 0) is 19.0 Å². The van der Waals surface area contributed by atoms with Crippen LogP contribution in [0.15, 0.2) is 0 Å². The molecule has 0 aliphatic carbocycles. The fourth-order valence-corrected chi connectivity index (χ4v) is 2.41. The van der Waals surface area contributed by atoms with Gasteiger partial charge in [-0.15, -0.1) is 0 Å². The molecule has 1 heterocycles. The zero-order valence-electron chi connectivity index (χ0n) is 12.9. The third-order valence-corrected chi connectivity index (χ3v) is 3.69. The largest absolute Gasteiger partial charge is 0.469 e. The fourth-order valence-electron chi connectivity index (χ4n) is 2.41. The second-order valence-corrected chi connectivity index (χ2v) is 5.47. The van der Waals surface area contributed by atoms with Gasteiger partial charge in [-0.05, 0) is 32.1 Å². The highest BCUT2D eigenvalue weighted by atomic mass is 16.7. The molecule has 1 unspecified atom stereocenters. The minimum absolute atomic E-state index is 0.0575. The van der Waals surface area contributed by atoms with Crippen LogP contribution >= 0.6 is 0 Å². The Kier molecular flexibility index (Phi) is 10.6. The highest BCUT2D eigenvalue weighted by Crippen LogP contribution is 2.14. The molecule has 20 heavy (non-hydrogen) atoms. The molecule has 0 saturated carbocycles. The SMILES string of the molecule is COC(=O)CCCCCCCCCOC1CCCCO1. The van der Waals surface area contributed by atoms with Crippen molar-refractivity contribution in [3.05, 3.63) is 0 Å². The molecule has 0 radical (unpaired) electrons. The standard InChI is InChI=1S/C16H30O4/c1-18-15(17)11-7-5-3-2-4-6-9-13-19-16-12-8-10-14-20-16/h16H,2-14H2,1H3. The molecule has 1 atom stereocenters. The first kappa shape index (κ1) is 17.4. The molecule has 0 amide bonds. The molecule has 0 aromatic carbocycles. The third-order valence-electron chi connectivity index (χ3n) is 3.69. The molecule has 1 saturated heterocycles. The zero-order chi connectivity index (χ0) is 14.5. The van der Waals surface area contributed by atoms with E-state index in [-0.39, 0.29) is 12.3 Å². The van der Waals surface area contributed by atoms with Crippen molar-refractivity contribution in [2.75, 3.05) is 20.3 Å². The van der Waals surface area contributed by atoms with Gasteiger partial charge in [0.25, 0.3) is 0 Å². The van der Waals surface area contributed by atoms with Crippen LogP contribution in [0, 0.1) is 0 Å². The zero-order valence-corrected chi connectivity index (χ0v) is 12.9. The van der Waals surface area contributed by atoms with E-state index in [9.17, 15) is 4.79 Å². The van der Waals surface area contributed by atoms with Crippen LogP contribution in [0.25, 0.3) is 0 Å². The molecule has 0 aromatic heterocycles. The summed E-state index contributed by atoms with van der Waals surface area (Å²) >= 11 is 0. The van der Waals surface area contributed by atoms with Gasteiger partial charge in [-0.1, -0.05) is 32.1 Å². The summed E-state index contributed by atoms with van der Waals surface area (Å²) in [5, 5.41) is 0. The Balaban J connectivity index is 1.75. The van der Waals surface area contributed by atoms with Crippen LogP contribution in [0.2, 0.25) is 0 Å². The van der Waals surface area contributed by atoms with Crippen molar-refractivity contribution < 1.29 is 19.0 Å². The number of esters is 1. The monoisotopic (exact) mass is 286 g/mol. The van der Waals surface area contributed by atoms with Crippen molar-refractivity contribution in [1.82, 2.24) is 0 Å². The van der Waals surface area contributed by atoms with E-state index in [4.69, 9.17) is 9.47 Å². The predicted octanol–water partition coefficient (Wildman–Crippen LogP) is 3.82. The minimum Gasteiger partial charge on any atom is -0.469 e. The van der Waals surface area contributed by atoms with Gasteiger partial charge < -0.3 is 14.2 Å². The van der Waals surface area contributed by atoms with Gasteiger partial charge in [-0.2, -0.15) is 0 Å². The Hall–Kier alpha value is -0.610. The molecule has 0 spiro atoms. The lowest BCUT2D eigenvalue weighted by molar-refractivity contribution is -0.162. The molecular weight excluding hydrogens is 256 g/mol. The first-order chi connectivity index (χ1) is 9.83. The van der Waals surface area contributed by atoms with Crippen molar-refractivity contribution in [2.24, 2.45) is 0 Å². The Morgan fingerprint density at radius 2 is 1.75 bits per heavy atom. The molecule has 1 aliphatic heterocycles. The van der Waals surface area contributed by atoms with E-state index in [1.54, 1.807) is 0 Å². The summed E-state index contributed by atoms with van der Waals surface area (Å²) in [5.74, 6) is -0.0907. The average molecular weight is 286 g/mol. The fraction of sp³-hybridized carbons (Fsp3) is 0.938. The number of methoxy groups -OCH3 is 1. The number of rotatable bonds is 11. The van der Waals surface area contributed by atoms with Crippen molar-refractivity contribution >= 4 is 5.97 Å². The lowest BCUT2D eigenvalue weighted by Crippen LogP contribution is -2.22. The Morgan fingerprint density at radius 1 is 1.05 bits per heavy atom. The topological polar surface area (TPSA) is 44.8 Å². The Morgan fingerprint density at radius 3 is 2.40 bits per heavy atom. The molecule has 4 nitrogen and oxygen atoms in total. The summed E-state index contributed by atoms with van der Waals surface area (Å²) in [7, 11) is 1.45. The molecule has 0 bridgehead atoms. The lowest BCUT2D eigenvalue weighted by Gasteiger charge is -2.22. The van der Waals surface area contributed by atoms with E-state index in [1.165, 1.54) is 45.6 Å². The molecule has 1 aliphatic rings. The summed E-state index contributed by atoms with van der Waals surface area (Å²) < 4.78 is 15.8. The number of ether oxygens (including phenoxy) is 3. The second-order valence-electron chi connectivity index (χ2n) is 5.47. The Bertz CT molecular complexity index is 237. The summed E-state index contributed by atoms with van der Waals surface area (Å²) in [4.78, 5) is 10.9. The summed E-state index contributed by atoms with van der Waals surface area (Å²) in [6.45, 7) is 1.68. The van der Waals surface area contributed by atoms with E-state index in [0.29, 0.717) is 6.42 Å². The highest BCUT2D eigenvalue weighted by Gasteiger charge is 2.13. The third kappa shape index (κ3) is 9.32. The van der Waals surface area contributed by atoms with Gasteiger partial charge in [-0.3, -0.25) is 4.79 Å². The van der Waals surface area contributed by atoms with Crippen LogP contribution in [0.5, 0.6) is 0 Å². The van der Waals surface area contributed by atoms with Gasteiger partial charge in [0.1, 0.15) is 0 Å². The van der Waals surface area contributed by atoms with Gasteiger partial charge in [-0.25, -0.2) is 0 Å². The predicted molar refractivity (Wildman–Crippen MR) is 78.5 cm³/mol. The van der Waals surface area contributed by atoms with Crippen LogP contribution < -0.4 is 0 Å². The molecular formula is C16H30O4. The molecule has 0 aromatic rings. The van der Waals surface area contributed by atoms with Crippen LogP contribution in [-0.4, -0.2) is 32.6 Å². The van der Waals surface area contributed by atoms with E-state index in [1.807, 2.05) is 0 Å². The number of hydrogen-bond donors (Lipinski definition) is 0. The number of hydrogen-bond acceptors (Lipinski definition) is 4. The van der Waals surface area contributed by atoms with Crippen molar-refractivity contribution in [3.8, 4) is 0 Å². The molecule has 1 rings (SSSR count). The normalized spacial score (nSPS) is 18.9. The maximum atomic E-state index is 10.9. The van der Waals surface area contributed by atoms with E-state index in [2.05, 4.69) is 4.74 Å². The number of carbonyl (C=O) groups is 1. The van der Waals surface area contributed by atoms with Crippen LogP contribution in [0.4, 0.5) is 0 Å². The quantitative estimate of drug-likeness (QED) is 0.428. The summed E-state index contributed by atoms with van der Waals surface area (Å²) in [6.07, 6.45) is 12.2. The molecule has 0 N–H and O–H groups in total. The van der Waals surface area contributed by atoms with Crippen LogP contribution in [0.1, 0.15) is 70.6 Å². The van der Waals surface area contributed by atoms with Gasteiger partial charge in [0, 0.05) is 19.6 Å². The first-order valence-electron chi connectivity index (χ1n) is 8.13. The van der Waals surface area contributed by atoms with Crippen molar-refractivity contribution in [1.29, 1.82) is 0 Å². The molecule has 4 heteroatoms. The molecule has 118 valence electrons. The Labute approximate surface area is 123 Å². The van der Waals surface area contributed by atoms with Gasteiger partial charge >= 0.3 is 5.97 Å². The van der Waals surface area contributed by atoms with Gasteiger partial charge in [0.2, 0.25) is 0 Å². The maximum Gasteiger partial charge on any atom is 0.305 e. The van der Waals surface area contributed by atoms with Crippen molar-refractivity contribution in [3.63, 3.8) is 0 Å². The summed E-state index contributed by atoms with van der Waals surface area (Å²) in [6, 6.07) is 0. The van der Waals surface area contributed by atoms with E-state index in [0.717, 1.165) is 38.9 Å². The number of carbonyl (C=O) groups excluding carboxylic acids is 1. The van der Waals surface area contributed by atoms with Gasteiger partial charge in [0.05, 0.1) is 7.11 Å². The second kappa shape index (κ2) is 12.2. The smallest absolute Gasteiger partial charge is 0.305 e. The average Bonchev–Trinajstić information content (AvgIpc) is 2.50. The maximum absolute atomic E-state index is 10.9. The van der Waals surface area contributed by atoms with Crippen molar-refractivity contribution in [2.45, 2.75) is 76.9 Å². The molecule has 1 fully saturated rings.